The van der Waals surface area contributed by atoms with Crippen LogP contribution in [0.2, 0.25) is 0 Å². The number of rotatable bonds is 29. The zero-order chi connectivity index (χ0) is 34.5. The second-order valence-electron chi connectivity index (χ2n) is 12.5. The number of ketones is 1. The molecule has 0 spiro atoms. The first kappa shape index (κ1) is 42.6. The van der Waals surface area contributed by atoms with Gasteiger partial charge in [-0.05, 0) is 19.8 Å². The summed E-state index contributed by atoms with van der Waals surface area (Å²) in [5.41, 5.74) is 0. The number of aliphatic hydroxyl groups is 1. The van der Waals surface area contributed by atoms with Crippen molar-refractivity contribution in [3.8, 4) is 0 Å². The Hall–Kier alpha value is -2.43. The van der Waals surface area contributed by atoms with Gasteiger partial charge >= 0.3 is 6.16 Å². The Labute approximate surface area is 284 Å². The van der Waals surface area contributed by atoms with E-state index in [0.29, 0.717) is 13.0 Å². The number of unbranched alkanes of at least 4 members (excludes halogenated alkanes) is 15. The Bertz CT molecular complexity index is 865. The number of hydrogen-bond acceptors (Lipinski definition) is 9. The van der Waals surface area contributed by atoms with Crippen LogP contribution in [0.25, 0.3) is 0 Å². The van der Waals surface area contributed by atoms with E-state index in [1.807, 2.05) is 0 Å². The Balaban J connectivity index is 2.88. The Morgan fingerprint density at radius 2 is 1.40 bits per heavy atom. The van der Waals surface area contributed by atoms with Crippen molar-refractivity contribution in [1.82, 2.24) is 5.32 Å². The molecule has 1 amide bonds. The lowest BCUT2D eigenvalue weighted by Gasteiger charge is -2.44. The molecule has 1 saturated heterocycles. The molecule has 0 aromatic rings. The van der Waals surface area contributed by atoms with Crippen LogP contribution in [-0.2, 0) is 33.3 Å². The van der Waals surface area contributed by atoms with Gasteiger partial charge < -0.3 is 34.1 Å². The van der Waals surface area contributed by atoms with E-state index in [4.69, 9.17) is 23.7 Å². The highest BCUT2D eigenvalue weighted by Gasteiger charge is 2.50. The average Bonchev–Trinajstić information content (AvgIpc) is 3.06. The second-order valence-corrected chi connectivity index (χ2v) is 12.5. The molecule has 0 unspecified atom stereocenters. The van der Waals surface area contributed by atoms with E-state index >= 15 is 0 Å². The topological polar surface area (TPSA) is 130 Å². The Kier molecular flexibility index (Phi) is 25.9. The van der Waals surface area contributed by atoms with Crippen molar-refractivity contribution >= 4 is 17.8 Å². The molecule has 5 atom stereocenters. The van der Waals surface area contributed by atoms with E-state index in [0.717, 1.165) is 44.9 Å². The highest BCUT2D eigenvalue weighted by Crippen LogP contribution is 2.28. The molecule has 0 aliphatic carbocycles. The van der Waals surface area contributed by atoms with Crippen LogP contribution < -0.4 is 5.32 Å². The van der Waals surface area contributed by atoms with Gasteiger partial charge in [0.2, 0.25) is 12.2 Å². The number of hydrogen-bond donors (Lipinski definition) is 2. The maximum atomic E-state index is 13.2. The summed E-state index contributed by atoms with van der Waals surface area (Å²) in [5.74, 6) is -0.636. The van der Waals surface area contributed by atoms with Crippen molar-refractivity contribution in [3.63, 3.8) is 0 Å². The summed E-state index contributed by atoms with van der Waals surface area (Å²) in [5, 5.41) is 13.0. The summed E-state index contributed by atoms with van der Waals surface area (Å²) >= 11 is 0. The summed E-state index contributed by atoms with van der Waals surface area (Å²) < 4.78 is 28.7. The third-order valence-electron chi connectivity index (χ3n) is 8.28. The van der Waals surface area contributed by atoms with Crippen LogP contribution in [0, 0.1) is 0 Å². The molecule has 0 aromatic carbocycles. The fraction of sp³-hybridized carbons (Fsp3) is 0.811. The maximum Gasteiger partial charge on any atom is 0.509 e. The summed E-state index contributed by atoms with van der Waals surface area (Å²) in [4.78, 5) is 38.4. The van der Waals surface area contributed by atoms with E-state index in [-0.39, 0.29) is 18.8 Å². The first-order valence-corrected chi connectivity index (χ1v) is 18.3. The zero-order valence-electron chi connectivity index (χ0n) is 29.6. The molecule has 2 N–H and O–H groups in total. The molecule has 1 fully saturated rings. The average molecular weight is 668 g/mol. The lowest BCUT2D eigenvalue weighted by Crippen LogP contribution is -2.66. The molecule has 47 heavy (non-hydrogen) atoms. The predicted molar refractivity (Wildman–Crippen MR) is 184 cm³/mol. The monoisotopic (exact) mass is 667 g/mol. The number of allylic oxidation sites excluding steroid dienone is 1. The molecule has 0 saturated carbocycles. The number of nitrogens with one attached hydrogen (secondary N) is 1. The highest BCUT2D eigenvalue weighted by molar-refractivity contribution is 5.98. The maximum absolute atomic E-state index is 13.2. The molecule has 1 aliphatic rings. The minimum atomic E-state index is -1.11. The van der Waals surface area contributed by atoms with Gasteiger partial charge in [0.1, 0.15) is 30.6 Å². The van der Waals surface area contributed by atoms with Crippen LogP contribution >= 0.6 is 0 Å². The fourth-order valence-electron chi connectivity index (χ4n) is 5.68. The van der Waals surface area contributed by atoms with Gasteiger partial charge in [-0.15, -0.1) is 0 Å². The van der Waals surface area contributed by atoms with E-state index in [9.17, 15) is 19.5 Å². The molecule has 1 aliphatic heterocycles. The number of Topliss-reactive ketones (excluding diaryl/α,β-unsaturated/α-hetero) is 1. The molecule has 10 nitrogen and oxygen atoms in total. The lowest BCUT2D eigenvalue weighted by molar-refractivity contribution is -0.265. The number of ether oxygens (including phenoxy) is 5. The van der Waals surface area contributed by atoms with Crippen molar-refractivity contribution < 1.29 is 43.2 Å². The number of carbonyl (C=O) groups excluding carboxylic acids is 3. The van der Waals surface area contributed by atoms with E-state index in [1.165, 1.54) is 76.5 Å². The molecule has 10 heteroatoms. The number of carbonyl (C=O) groups is 3. The van der Waals surface area contributed by atoms with Crippen molar-refractivity contribution in [2.45, 2.75) is 173 Å². The quantitative estimate of drug-likeness (QED) is 0.0269. The lowest BCUT2D eigenvalue weighted by atomic mass is 9.95. The Morgan fingerprint density at radius 1 is 0.830 bits per heavy atom. The third-order valence-corrected chi connectivity index (χ3v) is 8.28. The van der Waals surface area contributed by atoms with E-state index in [1.54, 1.807) is 13.0 Å². The minimum absolute atomic E-state index is 0.0613. The summed E-state index contributed by atoms with van der Waals surface area (Å²) in [6, 6.07) is -0.937. The van der Waals surface area contributed by atoms with Crippen molar-refractivity contribution in [3.05, 3.63) is 25.0 Å². The van der Waals surface area contributed by atoms with E-state index in [2.05, 4.69) is 25.7 Å². The van der Waals surface area contributed by atoms with Crippen LogP contribution in [0.3, 0.4) is 0 Å². The Morgan fingerprint density at radius 3 is 1.96 bits per heavy atom. The van der Waals surface area contributed by atoms with Crippen LogP contribution in [0.1, 0.15) is 143 Å². The fourth-order valence-corrected chi connectivity index (χ4v) is 5.68. The molecule has 0 bridgehead atoms. The molecule has 0 aromatic heterocycles. The number of aliphatic hydroxyl groups excluding tert-OH is 1. The van der Waals surface area contributed by atoms with Crippen LogP contribution in [-0.4, -0.2) is 73.4 Å². The minimum Gasteiger partial charge on any atom is -0.471 e. The van der Waals surface area contributed by atoms with Gasteiger partial charge in [-0.3, -0.25) is 9.59 Å². The first-order valence-electron chi connectivity index (χ1n) is 18.3. The standard InChI is InChI=1S/C37H65NO9/c1-5-9-11-13-15-17-18-20-22-24-30(40)28-32(41)38-33-35(43-27-23-21-19-16-14-12-10-6-2)34(47-37(42)45-26-8-4)31(29-39)46-36(33)44-25-7-3/h7-8,25,31,33-36,39H,4-6,9-24,26-29H2,1-3H3,(H,38,41)/b25-7-/t31-,33-,34-,35-,36+/m1/s1. The smallest absolute Gasteiger partial charge is 0.471 e. The van der Waals surface area contributed by atoms with Crippen LogP contribution in [0.15, 0.2) is 25.0 Å². The zero-order valence-corrected chi connectivity index (χ0v) is 29.6. The van der Waals surface area contributed by atoms with Crippen LogP contribution in [0.5, 0.6) is 0 Å². The molecule has 0 radical (unpaired) electrons. The highest BCUT2D eigenvalue weighted by atomic mass is 16.8. The third kappa shape index (κ3) is 19.9. The van der Waals surface area contributed by atoms with Crippen molar-refractivity contribution in [2.24, 2.45) is 0 Å². The molecule has 1 heterocycles. The molecular formula is C37H65NO9. The van der Waals surface area contributed by atoms with Crippen LogP contribution in [0.4, 0.5) is 4.79 Å². The molecular weight excluding hydrogens is 602 g/mol. The number of amides is 1. The van der Waals surface area contributed by atoms with Gasteiger partial charge in [0.05, 0.1) is 19.3 Å². The summed E-state index contributed by atoms with van der Waals surface area (Å²) in [6.07, 6.45) is 18.6. The predicted octanol–water partition coefficient (Wildman–Crippen LogP) is 7.85. The van der Waals surface area contributed by atoms with Gasteiger partial charge in [-0.2, -0.15) is 0 Å². The van der Waals surface area contributed by atoms with Crippen molar-refractivity contribution in [1.29, 1.82) is 0 Å². The van der Waals surface area contributed by atoms with E-state index < -0.39 is 49.3 Å². The SMILES string of the molecule is C=CCOC(=O)O[C@H]1[C@H](OCCCCCCCCCC)[C@@H](NC(=O)CC(=O)CCCCCCCCCCC)[C@@H](O/C=C\C)O[C@@H]1CO. The van der Waals surface area contributed by atoms with Gasteiger partial charge in [0, 0.05) is 13.0 Å². The summed E-state index contributed by atoms with van der Waals surface area (Å²) in [6.45, 7) is 9.50. The van der Waals surface area contributed by atoms with Gasteiger partial charge in [0.15, 0.2) is 6.10 Å². The van der Waals surface area contributed by atoms with Gasteiger partial charge in [-0.25, -0.2) is 4.79 Å². The molecule has 272 valence electrons. The second kappa shape index (κ2) is 28.6. The first-order chi connectivity index (χ1) is 22.9. The largest absolute Gasteiger partial charge is 0.509 e. The van der Waals surface area contributed by atoms with Crippen molar-refractivity contribution in [2.75, 3.05) is 19.8 Å². The van der Waals surface area contributed by atoms with Gasteiger partial charge in [-0.1, -0.05) is 129 Å². The summed E-state index contributed by atoms with van der Waals surface area (Å²) in [7, 11) is 0. The molecule has 1 rings (SSSR count). The van der Waals surface area contributed by atoms with Gasteiger partial charge in [0.25, 0.3) is 0 Å². The normalized spacial score (nSPS) is 21.0.